The number of rotatable bonds is 2. The molecule has 1 aliphatic rings. The molecule has 2 aromatic rings. The van der Waals surface area contributed by atoms with Crippen molar-refractivity contribution in [1.29, 1.82) is 0 Å². The molecule has 21 heavy (non-hydrogen) atoms. The third-order valence-corrected chi connectivity index (χ3v) is 3.36. The highest BCUT2D eigenvalue weighted by Gasteiger charge is 2.32. The maximum Gasteiger partial charge on any atom is 0.249 e. The lowest BCUT2D eigenvalue weighted by atomic mass is 10.1. The number of hydrogen-bond acceptors (Lipinski definition) is 4. The van der Waals surface area contributed by atoms with E-state index >= 15 is 0 Å². The van der Waals surface area contributed by atoms with Crippen molar-refractivity contribution < 1.29 is 28.2 Å². The first-order valence-corrected chi connectivity index (χ1v) is 6.30. The number of aromatic hydroxyl groups is 2. The molecular formula is C14H11F2NO4. The predicted octanol–water partition coefficient (Wildman–Crippen LogP) is 2.76. The van der Waals surface area contributed by atoms with E-state index in [-0.39, 0.29) is 17.4 Å². The summed E-state index contributed by atoms with van der Waals surface area (Å²) in [4.78, 5) is 12.8. The number of nitrogens with zero attached hydrogens (tertiary/aromatic N) is 1. The Bertz CT molecular complexity index is 726. The van der Waals surface area contributed by atoms with Crippen LogP contribution in [0.15, 0.2) is 22.6 Å². The molecule has 1 aromatic carbocycles. The molecule has 110 valence electrons. The number of furan rings is 1. The first-order chi connectivity index (χ1) is 10.0. The lowest BCUT2D eigenvalue weighted by Crippen LogP contribution is -2.23. The standard InChI is InChI=1S/C14H11F2NO4/c15-8-4-1-3-7(10(8)16)13-11(19)12(20)14(21-13)17-6-2-5-9(17)18/h1,3-4,19-20H,2,5-6H2. The lowest BCUT2D eigenvalue weighted by molar-refractivity contribution is -0.117. The molecule has 1 fully saturated rings. The number of anilines is 1. The smallest absolute Gasteiger partial charge is 0.249 e. The van der Waals surface area contributed by atoms with Gasteiger partial charge in [-0.05, 0) is 18.6 Å². The van der Waals surface area contributed by atoms with Gasteiger partial charge in [-0.3, -0.25) is 9.69 Å². The summed E-state index contributed by atoms with van der Waals surface area (Å²) < 4.78 is 32.2. The minimum Gasteiger partial charge on any atom is -0.502 e. The van der Waals surface area contributed by atoms with Gasteiger partial charge in [0.15, 0.2) is 17.4 Å². The van der Waals surface area contributed by atoms with E-state index in [1.165, 1.54) is 12.1 Å². The van der Waals surface area contributed by atoms with Gasteiger partial charge in [0.05, 0.1) is 5.56 Å². The Kier molecular flexibility index (Phi) is 3.04. The summed E-state index contributed by atoms with van der Waals surface area (Å²) in [6.45, 7) is 0.324. The lowest BCUT2D eigenvalue weighted by Gasteiger charge is -2.11. The molecule has 1 aromatic heterocycles. The van der Waals surface area contributed by atoms with Crippen LogP contribution in [0.1, 0.15) is 12.8 Å². The number of carbonyl (C=O) groups excluding carboxylic acids is 1. The molecule has 1 amide bonds. The number of halogens is 2. The Morgan fingerprint density at radius 1 is 1.19 bits per heavy atom. The van der Waals surface area contributed by atoms with Gasteiger partial charge in [0.2, 0.25) is 23.3 Å². The molecule has 2 N–H and O–H groups in total. The summed E-state index contributed by atoms with van der Waals surface area (Å²) in [5, 5.41) is 19.7. The van der Waals surface area contributed by atoms with Crippen molar-refractivity contribution in [1.82, 2.24) is 0 Å². The fourth-order valence-corrected chi connectivity index (χ4v) is 2.31. The fourth-order valence-electron chi connectivity index (χ4n) is 2.31. The van der Waals surface area contributed by atoms with Gasteiger partial charge in [0.25, 0.3) is 0 Å². The minimum absolute atomic E-state index is 0.256. The molecule has 3 rings (SSSR count). The second kappa shape index (κ2) is 4.76. The average Bonchev–Trinajstić information content (AvgIpc) is 2.99. The van der Waals surface area contributed by atoms with Gasteiger partial charge in [0, 0.05) is 13.0 Å². The van der Waals surface area contributed by atoms with Crippen LogP contribution in [-0.2, 0) is 4.79 Å². The molecule has 0 spiro atoms. The summed E-state index contributed by atoms with van der Waals surface area (Å²) in [5.41, 5.74) is -0.333. The molecule has 0 atom stereocenters. The zero-order valence-electron chi connectivity index (χ0n) is 10.8. The molecule has 1 saturated heterocycles. The zero-order valence-corrected chi connectivity index (χ0v) is 10.8. The maximum absolute atomic E-state index is 13.8. The summed E-state index contributed by atoms with van der Waals surface area (Å²) >= 11 is 0. The first-order valence-electron chi connectivity index (χ1n) is 6.30. The van der Waals surface area contributed by atoms with Crippen molar-refractivity contribution in [2.75, 3.05) is 11.4 Å². The second-order valence-electron chi connectivity index (χ2n) is 4.68. The fraction of sp³-hybridized carbons (Fsp3) is 0.214. The molecule has 1 aliphatic heterocycles. The van der Waals surface area contributed by atoms with E-state index in [1.807, 2.05) is 0 Å². The van der Waals surface area contributed by atoms with Crippen molar-refractivity contribution in [3.05, 3.63) is 29.8 Å². The quantitative estimate of drug-likeness (QED) is 0.893. The number of amides is 1. The summed E-state index contributed by atoms with van der Waals surface area (Å²) in [5.74, 6) is -4.65. The monoisotopic (exact) mass is 295 g/mol. The van der Waals surface area contributed by atoms with E-state index in [1.54, 1.807) is 0 Å². The Balaban J connectivity index is 2.13. The molecule has 7 heteroatoms. The van der Waals surface area contributed by atoms with Crippen LogP contribution in [0.2, 0.25) is 0 Å². The Labute approximate surface area is 118 Å². The van der Waals surface area contributed by atoms with E-state index in [2.05, 4.69) is 0 Å². The normalized spacial score (nSPS) is 15.0. The van der Waals surface area contributed by atoms with Gasteiger partial charge in [0.1, 0.15) is 0 Å². The molecule has 0 bridgehead atoms. The van der Waals surface area contributed by atoms with E-state index in [0.29, 0.717) is 19.4 Å². The van der Waals surface area contributed by atoms with Crippen LogP contribution in [0.5, 0.6) is 11.5 Å². The average molecular weight is 295 g/mol. The van der Waals surface area contributed by atoms with Gasteiger partial charge in [-0.2, -0.15) is 0 Å². The van der Waals surface area contributed by atoms with Crippen molar-refractivity contribution in [3.8, 4) is 22.8 Å². The minimum atomic E-state index is -1.21. The maximum atomic E-state index is 13.8. The van der Waals surface area contributed by atoms with Crippen molar-refractivity contribution in [3.63, 3.8) is 0 Å². The number of benzene rings is 1. The molecular weight excluding hydrogens is 284 g/mol. The van der Waals surface area contributed by atoms with E-state index < -0.39 is 28.9 Å². The summed E-state index contributed by atoms with van der Waals surface area (Å²) in [6, 6.07) is 3.36. The van der Waals surface area contributed by atoms with Crippen molar-refractivity contribution in [2.24, 2.45) is 0 Å². The SMILES string of the molecule is O=C1CCCN1c1oc(-c2cccc(F)c2F)c(O)c1O. The van der Waals surface area contributed by atoms with E-state index in [0.717, 1.165) is 11.0 Å². The van der Waals surface area contributed by atoms with Crippen LogP contribution in [0.3, 0.4) is 0 Å². The van der Waals surface area contributed by atoms with Gasteiger partial charge in [-0.25, -0.2) is 8.78 Å². The highest BCUT2D eigenvalue weighted by atomic mass is 19.2. The van der Waals surface area contributed by atoms with E-state index in [4.69, 9.17) is 4.42 Å². The van der Waals surface area contributed by atoms with Gasteiger partial charge >= 0.3 is 0 Å². The highest BCUT2D eigenvalue weighted by molar-refractivity contribution is 5.96. The van der Waals surface area contributed by atoms with Crippen molar-refractivity contribution >= 4 is 11.8 Å². The van der Waals surface area contributed by atoms with Gasteiger partial charge in [-0.1, -0.05) is 6.07 Å². The Hall–Kier alpha value is -2.57. The third-order valence-electron chi connectivity index (χ3n) is 3.36. The van der Waals surface area contributed by atoms with Gasteiger partial charge < -0.3 is 14.6 Å². The Morgan fingerprint density at radius 2 is 1.95 bits per heavy atom. The van der Waals surface area contributed by atoms with Crippen LogP contribution in [-0.4, -0.2) is 22.7 Å². The molecule has 0 radical (unpaired) electrons. The van der Waals surface area contributed by atoms with Crippen LogP contribution in [0, 0.1) is 11.6 Å². The predicted molar refractivity (Wildman–Crippen MR) is 69.0 cm³/mol. The van der Waals surface area contributed by atoms with Crippen molar-refractivity contribution in [2.45, 2.75) is 12.8 Å². The van der Waals surface area contributed by atoms with Crippen LogP contribution in [0.25, 0.3) is 11.3 Å². The molecule has 2 heterocycles. The Morgan fingerprint density at radius 3 is 2.62 bits per heavy atom. The second-order valence-corrected chi connectivity index (χ2v) is 4.68. The molecule has 0 saturated carbocycles. The first kappa shape index (κ1) is 13.4. The molecule has 5 nitrogen and oxygen atoms in total. The topological polar surface area (TPSA) is 73.9 Å². The largest absolute Gasteiger partial charge is 0.502 e. The zero-order chi connectivity index (χ0) is 15.1. The van der Waals surface area contributed by atoms with E-state index in [9.17, 15) is 23.8 Å². The van der Waals surface area contributed by atoms with Crippen LogP contribution >= 0.6 is 0 Å². The third kappa shape index (κ3) is 2.01. The summed E-state index contributed by atoms with van der Waals surface area (Å²) in [7, 11) is 0. The number of carbonyl (C=O) groups is 1. The van der Waals surface area contributed by atoms with Crippen LogP contribution in [0.4, 0.5) is 14.7 Å². The number of hydrogen-bond donors (Lipinski definition) is 2. The highest BCUT2D eigenvalue weighted by Crippen LogP contribution is 2.48. The van der Waals surface area contributed by atoms with Crippen LogP contribution < -0.4 is 4.90 Å². The summed E-state index contributed by atoms with van der Waals surface area (Å²) in [6.07, 6.45) is 0.883. The van der Waals surface area contributed by atoms with Gasteiger partial charge in [-0.15, -0.1) is 0 Å². The molecule has 0 unspecified atom stereocenters. The molecule has 0 aliphatic carbocycles.